The third-order valence-corrected chi connectivity index (χ3v) is 5.01. The summed E-state index contributed by atoms with van der Waals surface area (Å²) in [7, 11) is 1.61. The number of ether oxygens (including phenoxy) is 2. The molecule has 0 radical (unpaired) electrons. The van der Waals surface area contributed by atoms with Gasteiger partial charge in [-0.3, -0.25) is 9.89 Å². The topological polar surface area (TPSA) is 56.2 Å². The van der Waals surface area contributed by atoms with Crippen LogP contribution in [0.3, 0.4) is 0 Å². The molecule has 0 spiro atoms. The molecule has 0 unspecified atom stereocenters. The van der Waals surface area contributed by atoms with Crippen LogP contribution in [-0.4, -0.2) is 23.5 Å². The fourth-order valence-corrected chi connectivity index (χ4v) is 3.39. The first-order chi connectivity index (χ1) is 15.2. The summed E-state index contributed by atoms with van der Waals surface area (Å²) in [6.07, 6.45) is 2.61. The third kappa shape index (κ3) is 4.61. The number of aromatic nitrogens is 2. The molecule has 4 rings (SSSR count). The Morgan fingerprint density at radius 3 is 2.39 bits per heavy atom. The summed E-state index contributed by atoms with van der Waals surface area (Å²) >= 11 is 0. The van der Waals surface area contributed by atoms with Crippen molar-refractivity contribution in [3.05, 3.63) is 111 Å². The number of methoxy groups -OCH3 is 1. The number of benzene rings is 3. The lowest BCUT2D eigenvalue weighted by atomic mass is 10.1. The van der Waals surface area contributed by atoms with Gasteiger partial charge < -0.3 is 9.47 Å². The van der Waals surface area contributed by atoms with Gasteiger partial charge in [0, 0.05) is 6.42 Å². The molecule has 31 heavy (non-hydrogen) atoms. The average molecular weight is 412 g/mol. The van der Waals surface area contributed by atoms with Gasteiger partial charge in [0.05, 0.1) is 30.0 Å². The van der Waals surface area contributed by atoms with Gasteiger partial charge >= 0.3 is 0 Å². The van der Waals surface area contributed by atoms with E-state index < -0.39 is 0 Å². The van der Waals surface area contributed by atoms with E-state index in [1.807, 2.05) is 66.7 Å². The monoisotopic (exact) mass is 412 g/mol. The molecule has 0 saturated heterocycles. The fourth-order valence-electron chi connectivity index (χ4n) is 3.39. The maximum atomic E-state index is 12.9. The first kappa shape index (κ1) is 20.3. The number of para-hydroxylation sites is 1. The number of hydrogen-bond donors (Lipinski definition) is 1. The third-order valence-electron chi connectivity index (χ3n) is 5.01. The lowest BCUT2D eigenvalue weighted by Crippen LogP contribution is -2.33. The molecule has 0 saturated carbocycles. The summed E-state index contributed by atoms with van der Waals surface area (Å²) in [5.74, 6) is 1.28. The standard InChI is InChI=1S/C26H24N2O3/c1-19-23(26(29)28(27-19)22-11-7-4-8-12-22)17-21-13-14-24(25(18-21)30-2)31-16-15-20-9-5-3-6-10-20/h3-14,17-18,27H,1,15-16H2,2H3/b23-17+. The minimum Gasteiger partial charge on any atom is -0.493 e. The minimum absolute atomic E-state index is 0.154. The second kappa shape index (κ2) is 9.22. The van der Waals surface area contributed by atoms with E-state index in [0.29, 0.717) is 28.7 Å². The molecule has 156 valence electrons. The molecule has 0 aliphatic rings. The van der Waals surface area contributed by atoms with E-state index in [0.717, 1.165) is 17.7 Å². The van der Waals surface area contributed by atoms with Crippen LogP contribution in [0.1, 0.15) is 11.1 Å². The molecule has 1 N–H and O–H groups in total. The molecule has 0 aliphatic heterocycles. The number of aromatic amines is 1. The zero-order chi connectivity index (χ0) is 21.6. The quantitative estimate of drug-likeness (QED) is 0.508. The Morgan fingerprint density at radius 2 is 1.68 bits per heavy atom. The average Bonchev–Trinajstić information content (AvgIpc) is 3.09. The summed E-state index contributed by atoms with van der Waals surface area (Å²) in [6.45, 7) is 4.54. The summed E-state index contributed by atoms with van der Waals surface area (Å²) in [4.78, 5) is 12.9. The largest absolute Gasteiger partial charge is 0.493 e. The van der Waals surface area contributed by atoms with Crippen molar-refractivity contribution in [2.24, 2.45) is 0 Å². The summed E-state index contributed by atoms with van der Waals surface area (Å²) < 4.78 is 12.9. The zero-order valence-corrected chi connectivity index (χ0v) is 17.4. The molecular formula is C26H24N2O3. The van der Waals surface area contributed by atoms with Crippen LogP contribution in [0.5, 0.6) is 11.5 Å². The van der Waals surface area contributed by atoms with Crippen LogP contribution >= 0.6 is 0 Å². The predicted octanol–water partition coefficient (Wildman–Crippen LogP) is 3.03. The van der Waals surface area contributed by atoms with Gasteiger partial charge in [-0.2, -0.15) is 0 Å². The Balaban J connectivity index is 1.58. The van der Waals surface area contributed by atoms with Gasteiger partial charge in [-0.25, -0.2) is 4.68 Å². The minimum atomic E-state index is -0.154. The van der Waals surface area contributed by atoms with Gasteiger partial charge in [0.15, 0.2) is 11.5 Å². The van der Waals surface area contributed by atoms with Crippen molar-refractivity contribution in [2.45, 2.75) is 6.42 Å². The molecule has 1 heterocycles. The van der Waals surface area contributed by atoms with Crippen LogP contribution in [0, 0.1) is 0 Å². The molecular weight excluding hydrogens is 388 g/mol. The second-order valence-electron chi connectivity index (χ2n) is 7.12. The first-order valence-corrected chi connectivity index (χ1v) is 10.1. The normalized spacial score (nSPS) is 11.5. The summed E-state index contributed by atoms with van der Waals surface area (Å²) in [6, 6.07) is 25.2. The molecule has 3 aromatic carbocycles. The van der Waals surface area contributed by atoms with Crippen molar-refractivity contribution in [3.8, 4) is 17.2 Å². The molecule has 4 aromatic rings. The molecule has 1 aromatic heterocycles. The van der Waals surface area contributed by atoms with Crippen molar-refractivity contribution < 1.29 is 9.47 Å². The van der Waals surface area contributed by atoms with E-state index in [1.54, 1.807) is 13.2 Å². The predicted molar refractivity (Wildman–Crippen MR) is 123 cm³/mol. The Hall–Kier alpha value is -3.99. The first-order valence-electron chi connectivity index (χ1n) is 10.1. The number of nitrogens with zero attached hydrogens (tertiary/aromatic N) is 1. The fraction of sp³-hybridized carbons (Fsp3) is 0.115. The van der Waals surface area contributed by atoms with Gasteiger partial charge in [0.1, 0.15) is 0 Å². The van der Waals surface area contributed by atoms with E-state index in [1.165, 1.54) is 10.2 Å². The smallest absolute Gasteiger partial charge is 0.279 e. The van der Waals surface area contributed by atoms with Crippen LogP contribution in [0.25, 0.3) is 18.3 Å². The van der Waals surface area contributed by atoms with Gasteiger partial charge in [0.2, 0.25) is 0 Å². The Labute approximate surface area is 180 Å². The highest BCUT2D eigenvalue weighted by molar-refractivity contribution is 5.56. The molecule has 0 atom stereocenters. The van der Waals surface area contributed by atoms with Crippen LogP contribution < -0.4 is 25.6 Å². The molecule has 5 heteroatoms. The highest BCUT2D eigenvalue weighted by Gasteiger charge is 2.08. The molecule has 0 aliphatic carbocycles. The van der Waals surface area contributed by atoms with Crippen molar-refractivity contribution in [3.63, 3.8) is 0 Å². The van der Waals surface area contributed by atoms with Crippen LogP contribution in [0.15, 0.2) is 83.7 Å². The van der Waals surface area contributed by atoms with Crippen molar-refractivity contribution >= 4 is 12.7 Å². The molecule has 0 fully saturated rings. The molecule has 0 amide bonds. The Bertz CT molecular complexity index is 1320. The molecule has 0 bridgehead atoms. The van der Waals surface area contributed by atoms with E-state index in [4.69, 9.17) is 9.47 Å². The van der Waals surface area contributed by atoms with Crippen LogP contribution in [-0.2, 0) is 6.42 Å². The SMILES string of the molecule is C=c1[nH]n(-c2ccccc2)c(=O)/c1=C/c1ccc(OCCc2ccccc2)c(OC)c1. The zero-order valence-electron chi connectivity index (χ0n) is 17.4. The number of rotatable bonds is 7. The van der Waals surface area contributed by atoms with E-state index in [-0.39, 0.29) is 5.56 Å². The van der Waals surface area contributed by atoms with Gasteiger partial charge in [-0.15, -0.1) is 0 Å². The molecule has 5 nitrogen and oxygen atoms in total. The van der Waals surface area contributed by atoms with Crippen molar-refractivity contribution in [1.29, 1.82) is 0 Å². The van der Waals surface area contributed by atoms with Gasteiger partial charge in [-0.05, 0) is 41.5 Å². The number of nitrogens with one attached hydrogen (secondary N) is 1. The van der Waals surface area contributed by atoms with Crippen LogP contribution in [0.2, 0.25) is 0 Å². The van der Waals surface area contributed by atoms with Gasteiger partial charge in [-0.1, -0.05) is 61.2 Å². The number of H-pyrrole nitrogens is 1. The Morgan fingerprint density at radius 1 is 0.968 bits per heavy atom. The van der Waals surface area contributed by atoms with Crippen molar-refractivity contribution in [2.75, 3.05) is 13.7 Å². The summed E-state index contributed by atoms with van der Waals surface area (Å²) in [5.41, 5.74) is 2.65. The maximum Gasteiger partial charge on any atom is 0.279 e. The second-order valence-corrected chi connectivity index (χ2v) is 7.12. The Kier molecular flexibility index (Phi) is 6.03. The lowest BCUT2D eigenvalue weighted by molar-refractivity contribution is 0.297. The highest BCUT2D eigenvalue weighted by Crippen LogP contribution is 2.28. The maximum absolute atomic E-state index is 12.9. The lowest BCUT2D eigenvalue weighted by Gasteiger charge is -2.11. The van der Waals surface area contributed by atoms with E-state index in [9.17, 15) is 4.79 Å². The van der Waals surface area contributed by atoms with E-state index >= 15 is 0 Å². The highest BCUT2D eigenvalue weighted by atomic mass is 16.5. The van der Waals surface area contributed by atoms with Gasteiger partial charge in [0.25, 0.3) is 5.56 Å². The van der Waals surface area contributed by atoms with Crippen molar-refractivity contribution in [1.82, 2.24) is 9.78 Å². The van der Waals surface area contributed by atoms with Crippen LogP contribution in [0.4, 0.5) is 0 Å². The van der Waals surface area contributed by atoms with E-state index in [2.05, 4.69) is 23.8 Å². The summed E-state index contributed by atoms with van der Waals surface area (Å²) in [5, 5.41) is 4.09. The number of hydrogen-bond acceptors (Lipinski definition) is 3.